The highest BCUT2D eigenvalue weighted by Gasteiger charge is 2.22. The van der Waals surface area contributed by atoms with Gasteiger partial charge in [0.15, 0.2) is 0 Å². The van der Waals surface area contributed by atoms with Gasteiger partial charge in [-0.2, -0.15) is 0 Å². The molecule has 1 aromatic rings. The minimum Gasteiger partial charge on any atom is -0.399 e. The van der Waals surface area contributed by atoms with Crippen molar-refractivity contribution >= 4 is 23.2 Å². The molecule has 20 heavy (non-hydrogen) atoms. The van der Waals surface area contributed by atoms with Crippen molar-refractivity contribution in [2.24, 2.45) is 0 Å². The highest BCUT2D eigenvalue weighted by atomic mass is 16.2. The van der Waals surface area contributed by atoms with Gasteiger partial charge in [0.1, 0.15) is 0 Å². The summed E-state index contributed by atoms with van der Waals surface area (Å²) in [6, 6.07) is 5.41. The number of hydrogen-bond acceptors (Lipinski definition) is 4. The smallest absolute Gasteiger partial charge is 0.253 e. The standard InChI is InChI=1S/C14H20N4O2/c1-16-14(20)11-5-2-9(15)8-12(11)17-7-6-13(19)18-10-3-4-10/h2,5,8,10,17H,3-4,6-7,15H2,1H3,(H,16,20)(H,18,19). The summed E-state index contributed by atoms with van der Waals surface area (Å²) in [5.74, 6) is -0.152. The van der Waals surface area contributed by atoms with E-state index in [1.165, 1.54) is 0 Å². The predicted molar refractivity (Wildman–Crippen MR) is 78.5 cm³/mol. The molecular weight excluding hydrogens is 256 g/mol. The Hall–Kier alpha value is -2.24. The zero-order chi connectivity index (χ0) is 14.5. The highest BCUT2D eigenvalue weighted by Crippen LogP contribution is 2.20. The minimum absolute atomic E-state index is 0.0328. The van der Waals surface area contributed by atoms with Crippen LogP contribution in [0.15, 0.2) is 18.2 Å². The quantitative estimate of drug-likeness (QED) is 0.575. The molecule has 0 bridgehead atoms. The Bertz CT molecular complexity index is 512. The summed E-state index contributed by atoms with van der Waals surface area (Å²) in [6.07, 6.45) is 2.53. The van der Waals surface area contributed by atoms with E-state index in [0.717, 1.165) is 12.8 Å². The van der Waals surface area contributed by atoms with E-state index in [1.54, 1.807) is 25.2 Å². The lowest BCUT2D eigenvalue weighted by molar-refractivity contribution is -0.120. The predicted octanol–water partition coefficient (Wildman–Crippen LogP) is 0.709. The van der Waals surface area contributed by atoms with Crippen LogP contribution < -0.4 is 21.7 Å². The molecule has 0 heterocycles. The van der Waals surface area contributed by atoms with Gasteiger partial charge in [-0.05, 0) is 31.0 Å². The van der Waals surface area contributed by atoms with E-state index in [9.17, 15) is 9.59 Å². The van der Waals surface area contributed by atoms with Crippen molar-refractivity contribution in [1.29, 1.82) is 0 Å². The summed E-state index contributed by atoms with van der Waals surface area (Å²) >= 11 is 0. The normalized spacial score (nSPS) is 13.7. The van der Waals surface area contributed by atoms with Crippen LogP contribution in [0.3, 0.4) is 0 Å². The van der Waals surface area contributed by atoms with Gasteiger partial charge in [0, 0.05) is 37.4 Å². The average molecular weight is 276 g/mol. The monoisotopic (exact) mass is 276 g/mol. The van der Waals surface area contributed by atoms with Crippen molar-refractivity contribution in [2.45, 2.75) is 25.3 Å². The summed E-state index contributed by atoms with van der Waals surface area (Å²) in [6.45, 7) is 0.464. The molecule has 2 amide bonds. The third-order valence-corrected chi connectivity index (χ3v) is 3.13. The number of carbonyl (C=O) groups excluding carboxylic acids is 2. The summed E-state index contributed by atoms with van der Waals surface area (Å²) in [4.78, 5) is 23.3. The third kappa shape index (κ3) is 3.88. The lowest BCUT2D eigenvalue weighted by atomic mass is 10.1. The van der Waals surface area contributed by atoms with Crippen molar-refractivity contribution in [1.82, 2.24) is 10.6 Å². The maximum atomic E-state index is 11.7. The van der Waals surface area contributed by atoms with Crippen LogP contribution in [0, 0.1) is 0 Å². The molecule has 6 nitrogen and oxygen atoms in total. The summed E-state index contributed by atoms with van der Waals surface area (Å²) < 4.78 is 0. The maximum absolute atomic E-state index is 11.7. The first-order valence-corrected chi connectivity index (χ1v) is 6.75. The highest BCUT2D eigenvalue weighted by molar-refractivity contribution is 6.00. The van der Waals surface area contributed by atoms with Crippen molar-refractivity contribution in [3.63, 3.8) is 0 Å². The largest absolute Gasteiger partial charge is 0.399 e. The Morgan fingerprint density at radius 1 is 1.35 bits per heavy atom. The van der Waals surface area contributed by atoms with Crippen LogP contribution in [0.2, 0.25) is 0 Å². The molecule has 2 rings (SSSR count). The Morgan fingerprint density at radius 3 is 2.75 bits per heavy atom. The second-order valence-corrected chi connectivity index (χ2v) is 4.90. The van der Waals surface area contributed by atoms with Crippen molar-refractivity contribution in [3.8, 4) is 0 Å². The molecule has 1 aliphatic rings. The van der Waals surface area contributed by atoms with Crippen molar-refractivity contribution in [2.75, 3.05) is 24.6 Å². The van der Waals surface area contributed by atoms with E-state index >= 15 is 0 Å². The zero-order valence-corrected chi connectivity index (χ0v) is 11.5. The summed E-state index contributed by atoms with van der Waals surface area (Å²) in [7, 11) is 1.57. The van der Waals surface area contributed by atoms with Crippen LogP contribution in [-0.2, 0) is 4.79 Å². The lowest BCUT2D eigenvalue weighted by Crippen LogP contribution is -2.27. The molecule has 0 aromatic heterocycles. The van der Waals surface area contributed by atoms with E-state index in [0.29, 0.717) is 35.9 Å². The van der Waals surface area contributed by atoms with Gasteiger partial charge in [0.25, 0.3) is 5.91 Å². The van der Waals surface area contributed by atoms with Crippen LogP contribution in [0.25, 0.3) is 0 Å². The Labute approximate surface area is 118 Å². The van der Waals surface area contributed by atoms with Crippen LogP contribution in [0.5, 0.6) is 0 Å². The molecule has 0 aliphatic heterocycles. The van der Waals surface area contributed by atoms with E-state index < -0.39 is 0 Å². The third-order valence-electron chi connectivity index (χ3n) is 3.13. The zero-order valence-electron chi connectivity index (χ0n) is 11.5. The molecule has 0 spiro atoms. The number of hydrogen-bond donors (Lipinski definition) is 4. The lowest BCUT2D eigenvalue weighted by Gasteiger charge is -2.12. The number of amides is 2. The number of rotatable bonds is 6. The molecule has 0 radical (unpaired) electrons. The topological polar surface area (TPSA) is 96.2 Å². The minimum atomic E-state index is -0.185. The number of nitrogens with two attached hydrogens (primary N) is 1. The SMILES string of the molecule is CNC(=O)c1ccc(N)cc1NCCC(=O)NC1CC1. The Morgan fingerprint density at radius 2 is 2.10 bits per heavy atom. The fourth-order valence-electron chi connectivity index (χ4n) is 1.88. The first-order chi connectivity index (χ1) is 9.60. The number of nitrogens with one attached hydrogen (secondary N) is 3. The number of anilines is 2. The summed E-state index contributed by atoms with van der Waals surface area (Å²) in [5.41, 5.74) is 7.46. The summed E-state index contributed by atoms with van der Waals surface area (Å²) in [5, 5.41) is 8.58. The van der Waals surface area contributed by atoms with Gasteiger partial charge in [0.05, 0.1) is 5.56 Å². The number of nitrogen functional groups attached to an aromatic ring is 1. The second kappa shape index (κ2) is 6.27. The van der Waals surface area contributed by atoms with Crippen LogP contribution >= 0.6 is 0 Å². The van der Waals surface area contributed by atoms with E-state index in [2.05, 4.69) is 16.0 Å². The van der Waals surface area contributed by atoms with Gasteiger partial charge in [-0.1, -0.05) is 0 Å². The van der Waals surface area contributed by atoms with Crippen LogP contribution in [0.4, 0.5) is 11.4 Å². The molecule has 5 N–H and O–H groups in total. The van der Waals surface area contributed by atoms with Gasteiger partial charge in [-0.25, -0.2) is 0 Å². The molecule has 0 saturated heterocycles. The van der Waals surface area contributed by atoms with Gasteiger partial charge in [-0.15, -0.1) is 0 Å². The number of carbonyl (C=O) groups is 2. The molecule has 1 aliphatic carbocycles. The fourth-order valence-corrected chi connectivity index (χ4v) is 1.88. The van der Waals surface area contributed by atoms with Gasteiger partial charge < -0.3 is 21.7 Å². The van der Waals surface area contributed by atoms with E-state index in [4.69, 9.17) is 5.73 Å². The van der Waals surface area contributed by atoms with E-state index in [-0.39, 0.29) is 11.8 Å². The Kier molecular flexibility index (Phi) is 4.45. The molecule has 1 fully saturated rings. The average Bonchev–Trinajstić information content (AvgIpc) is 3.22. The molecule has 6 heteroatoms. The Balaban J connectivity index is 1.91. The molecule has 108 valence electrons. The van der Waals surface area contributed by atoms with Crippen molar-refractivity contribution in [3.05, 3.63) is 23.8 Å². The number of benzene rings is 1. The first kappa shape index (κ1) is 14.2. The molecule has 1 aromatic carbocycles. The van der Waals surface area contributed by atoms with Crippen LogP contribution in [0.1, 0.15) is 29.6 Å². The van der Waals surface area contributed by atoms with Crippen LogP contribution in [-0.4, -0.2) is 31.4 Å². The molecular formula is C14H20N4O2. The fraction of sp³-hybridized carbons (Fsp3) is 0.429. The van der Waals surface area contributed by atoms with Crippen molar-refractivity contribution < 1.29 is 9.59 Å². The molecule has 0 unspecified atom stereocenters. The second-order valence-electron chi connectivity index (χ2n) is 4.90. The van der Waals surface area contributed by atoms with Gasteiger partial charge in [-0.3, -0.25) is 9.59 Å². The van der Waals surface area contributed by atoms with Gasteiger partial charge in [0.2, 0.25) is 5.91 Å². The molecule has 1 saturated carbocycles. The van der Waals surface area contributed by atoms with Gasteiger partial charge >= 0.3 is 0 Å². The molecule has 0 atom stereocenters. The maximum Gasteiger partial charge on any atom is 0.253 e. The first-order valence-electron chi connectivity index (χ1n) is 6.75. The van der Waals surface area contributed by atoms with E-state index in [1.807, 2.05) is 0 Å².